The molecular formula is C11H11BrF3NO. The van der Waals surface area contributed by atoms with Crippen molar-refractivity contribution in [2.75, 3.05) is 0 Å². The van der Waals surface area contributed by atoms with E-state index in [1.807, 2.05) is 0 Å². The van der Waals surface area contributed by atoms with Gasteiger partial charge in [0.1, 0.15) is 0 Å². The third-order valence-corrected chi connectivity index (χ3v) is 2.63. The van der Waals surface area contributed by atoms with E-state index in [0.717, 1.165) is 6.07 Å². The molecule has 2 nitrogen and oxygen atoms in total. The highest BCUT2D eigenvalue weighted by Gasteiger charge is 2.36. The summed E-state index contributed by atoms with van der Waals surface area (Å²) in [5.41, 5.74) is -1.32. The van der Waals surface area contributed by atoms with Gasteiger partial charge in [0.15, 0.2) is 0 Å². The molecule has 0 aromatic heterocycles. The predicted molar refractivity (Wildman–Crippen MR) is 61.7 cm³/mol. The van der Waals surface area contributed by atoms with E-state index < -0.39 is 17.6 Å². The quantitative estimate of drug-likeness (QED) is 0.888. The molecule has 0 heterocycles. The zero-order valence-electron chi connectivity index (χ0n) is 9.23. The van der Waals surface area contributed by atoms with Crippen molar-refractivity contribution in [3.05, 3.63) is 33.8 Å². The van der Waals surface area contributed by atoms with E-state index in [1.54, 1.807) is 13.8 Å². The molecule has 0 saturated carbocycles. The van der Waals surface area contributed by atoms with Crippen molar-refractivity contribution in [3.8, 4) is 0 Å². The van der Waals surface area contributed by atoms with E-state index in [1.165, 1.54) is 12.1 Å². The normalized spacial score (nSPS) is 11.7. The Hall–Kier alpha value is -1.04. The number of hydrogen-bond donors (Lipinski definition) is 1. The summed E-state index contributed by atoms with van der Waals surface area (Å²) in [7, 11) is 0. The molecule has 1 amide bonds. The van der Waals surface area contributed by atoms with Crippen LogP contribution in [0.25, 0.3) is 0 Å². The van der Waals surface area contributed by atoms with Crippen LogP contribution in [0.3, 0.4) is 0 Å². The van der Waals surface area contributed by atoms with Gasteiger partial charge in [0.25, 0.3) is 5.91 Å². The van der Waals surface area contributed by atoms with Gasteiger partial charge in [-0.15, -0.1) is 0 Å². The van der Waals surface area contributed by atoms with Gasteiger partial charge in [-0.1, -0.05) is 6.07 Å². The molecule has 1 rings (SSSR count). The van der Waals surface area contributed by atoms with Gasteiger partial charge in [-0.25, -0.2) is 0 Å². The fourth-order valence-corrected chi connectivity index (χ4v) is 1.87. The van der Waals surface area contributed by atoms with E-state index in [4.69, 9.17) is 0 Å². The maximum Gasteiger partial charge on any atom is 0.417 e. The number of benzene rings is 1. The number of alkyl halides is 3. The highest BCUT2D eigenvalue weighted by atomic mass is 79.9. The van der Waals surface area contributed by atoms with Crippen molar-refractivity contribution in [1.29, 1.82) is 0 Å². The molecule has 1 aromatic carbocycles. The third kappa shape index (κ3) is 3.46. The van der Waals surface area contributed by atoms with Crippen LogP contribution >= 0.6 is 15.9 Å². The minimum absolute atomic E-state index is 0.130. The largest absolute Gasteiger partial charge is 0.417 e. The van der Waals surface area contributed by atoms with E-state index in [0.29, 0.717) is 0 Å². The van der Waals surface area contributed by atoms with Crippen molar-refractivity contribution >= 4 is 21.8 Å². The summed E-state index contributed by atoms with van der Waals surface area (Å²) < 4.78 is 38.3. The molecule has 1 N–H and O–H groups in total. The molecule has 6 heteroatoms. The average Bonchev–Trinajstić information content (AvgIpc) is 2.14. The summed E-state index contributed by atoms with van der Waals surface area (Å²) >= 11 is 2.97. The van der Waals surface area contributed by atoms with Gasteiger partial charge in [-0.05, 0) is 41.9 Å². The molecule has 94 valence electrons. The number of rotatable bonds is 2. The third-order valence-electron chi connectivity index (χ3n) is 1.97. The maximum atomic E-state index is 12.7. The van der Waals surface area contributed by atoms with Gasteiger partial charge < -0.3 is 5.32 Å². The SMILES string of the molecule is CC(C)NC(=O)c1c(Br)cccc1C(F)(F)F. The van der Waals surface area contributed by atoms with Crippen LogP contribution in [-0.4, -0.2) is 11.9 Å². The molecular weight excluding hydrogens is 299 g/mol. The van der Waals surface area contributed by atoms with Gasteiger partial charge in [-0.2, -0.15) is 13.2 Å². The lowest BCUT2D eigenvalue weighted by atomic mass is 10.1. The molecule has 17 heavy (non-hydrogen) atoms. The molecule has 0 spiro atoms. The van der Waals surface area contributed by atoms with E-state index in [-0.39, 0.29) is 16.1 Å². The van der Waals surface area contributed by atoms with Crippen LogP contribution in [0.15, 0.2) is 22.7 Å². The molecule has 0 fully saturated rings. The second-order valence-electron chi connectivity index (χ2n) is 3.79. The van der Waals surface area contributed by atoms with Crippen LogP contribution in [0.4, 0.5) is 13.2 Å². The van der Waals surface area contributed by atoms with Crippen LogP contribution in [0.2, 0.25) is 0 Å². The zero-order chi connectivity index (χ0) is 13.2. The van der Waals surface area contributed by atoms with Crippen molar-refractivity contribution in [2.45, 2.75) is 26.1 Å². The van der Waals surface area contributed by atoms with E-state index >= 15 is 0 Å². The number of carbonyl (C=O) groups is 1. The molecule has 0 aliphatic carbocycles. The number of carbonyl (C=O) groups excluding carboxylic acids is 1. The van der Waals surface area contributed by atoms with E-state index in [2.05, 4.69) is 21.2 Å². The summed E-state index contributed by atoms with van der Waals surface area (Å²) in [6, 6.07) is 3.32. The second kappa shape index (κ2) is 5.08. The summed E-state index contributed by atoms with van der Waals surface area (Å²) in [4.78, 5) is 11.7. The van der Waals surface area contributed by atoms with Crippen molar-refractivity contribution < 1.29 is 18.0 Å². The Morgan fingerprint density at radius 2 is 1.94 bits per heavy atom. The Labute approximate surface area is 105 Å². The summed E-state index contributed by atoms with van der Waals surface area (Å²) in [5.74, 6) is -0.736. The molecule has 0 bridgehead atoms. The first-order chi connectivity index (χ1) is 7.73. The summed E-state index contributed by atoms with van der Waals surface area (Å²) in [6.45, 7) is 3.37. The van der Waals surface area contributed by atoms with Crippen molar-refractivity contribution in [3.63, 3.8) is 0 Å². The highest BCUT2D eigenvalue weighted by molar-refractivity contribution is 9.10. The van der Waals surface area contributed by atoms with E-state index in [9.17, 15) is 18.0 Å². The lowest BCUT2D eigenvalue weighted by Crippen LogP contribution is -2.32. The lowest BCUT2D eigenvalue weighted by molar-refractivity contribution is -0.138. The molecule has 0 unspecified atom stereocenters. The minimum atomic E-state index is -4.55. The van der Waals surface area contributed by atoms with Crippen LogP contribution in [0, 0.1) is 0 Å². The Bertz CT molecular complexity index is 429. The lowest BCUT2D eigenvalue weighted by Gasteiger charge is -2.15. The number of halogens is 4. The number of hydrogen-bond acceptors (Lipinski definition) is 1. The highest BCUT2D eigenvalue weighted by Crippen LogP contribution is 2.35. The first-order valence-electron chi connectivity index (χ1n) is 4.90. The van der Waals surface area contributed by atoms with Crippen LogP contribution in [0.5, 0.6) is 0 Å². The minimum Gasteiger partial charge on any atom is -0.350 e. The van der Waals surface area contributed by atoms with Crippen molar-refractivity contribution in [1.82, 2.24) is 5.32 Å². The van der Waals surface area contributed by atoms with Gasteiger partial charge in [0.05, 0.1) is 11.1 Å². The Morgan fingerprint density at radius 3 is 2.41 bits per heavy atom. The Balaban J connectivity index is 3.26. The van der Waals surface area contributed by atoms with Crippen LogP contribution in [0.1, 0.15) is 29.8 Å². The molecule has 0 aliphatic heterocycles. The molecule has 0 atom stereocenters. The fourth-order valence-electron chi connectivity index (χ4n) is 1.33. The first-order valence-corrected chi connectivity index (χ1v) is 5.69. The standard InChI is InChI=1S/C11H11BrF3NO/c1-6(2)16-10(17)9-7(11(13,14)15)4-3-5-8(9)12/h3-6H,1-2H3,(H,16,17). The number of nitrogens with one attached hydrogen (secondary N) is 1. The van der Waals surface area contributed by atoms with Crippen molar-refractivity contribution in [2.24, 2.45) is 0 Å². The summed E-state index contributed by atoms with van der Waals surface area (Å²) in [6.07, 6.45) is -4.55. The molecule has 0 radical (unpaired) electrons. The fraction of sp³-hybridized carbons (Fsp3) is 0.364. The smallest absolute Gasteiger partial charge is 0.350 e. The predicted octanol–water partition coefficient (Wildman–Crippen LogP) is 3.61. The van der Waals surface area contributed by atoms with Gasteiger partial charge in [-0.3, -0.25) is 4.79 Å². The van der Waals surface area contributed by atoms with Gasteiger partial charge >= 0.3 is 6.18 Å². The van der Waals surface area contributed by atoms with Crippen LogP contribution in [-0.2, 0) is 6.18 Å². The monoisotopic (exact) mass is 309 g/mol. The molecule has 0 aliphatic rings. The van der Waals surface area contributed by atoms with Gasteiger partial charge in [0, 0.05) is 10.5 Å². The average molecular weight is 310 g/mol. The van der Waals surface area contributed by atoms with Gasteiger partial charge in [0.2, 0.25) is 0 Å². The zero-order valence-corrected chi connectivity index (χ0v) is 10.8. The topological polar surface area (TPSA) is 29.1 Å². The molecule has 0 saturated heterocycles. The summed E-state index contributed by atoms with van der Waals surface area (Å²) in [5, 5.41) is 2.44. The van der Waals surface area contributed by atoms with Crippen LogP contribution < -0.4 is 5.32 Å². The number of amides is 1. The maximum absolute atomic E-state index is 12.7. The Morgan fingerprint density at radius 1 is 1.35 bits per heavy atom. The second-order valence-corrected chi connectivity index (χ2v) is 4.64. The first kappa shape index (κ1) is 14.0. The molecule has 1 aromatic rings. The Kier molecular flexibility index (Phi) is 4.19.